The molecule has 1 amide bonds. The summed E-state index contributed by atoms with van der Waals surface area (Å²) >= 11 is 1.74. The largest absolute Gasteiger partial charge is 0.356 e. The number of amides is 1. The number of carbonyl (C=O) groups is 1. The van der Waals surface area contributed by atoms with Crippen molar-refractivity contribution in [2.45, 2.75) is 32.2 Å². The van der Waals surface area contributed by atoms with Gasteiger partial charge in [-0.25, -0.2) is 4.98 Å². The molecule has 0 saturated carbocycles. The average Bonchev–Trinajstić information content (AvgIpc) is 3.34. The maximum Gasteiger partial charge on any atom is 0.223 e. The van der Waals surface area contributed by atoms with Gasteiger partial charge in [0.2, 0.25) is 5.91 Å². The van der Waals surface area contributed by atoms with Crippen molar-refractivity contribution >= 4 is 17.2 Å². The second kappa shape index (κ2) is 7.78. The van der Waals surface area contributed by atoms with E-state index in [-0.39, 0.29) is 11.8 Å². The molecule has 1 N–H and O–H groups in total. The van der Waals surface area contributed by atoms with Crippen molar-refractivity contribution in [3.63, 3.8) is 0 Å². The van der Waals surface area contributed by atoms with Crippen LogP contribution < -0.4 is 5.32 Å². The summed E-state index contributed by atoms with van der Waals surface area (Å²) in [7, 11) is 0. The molecule has 0 aliphatic heterocycles. The van der Waals surface area contributed by atoms with E-state index >= 15 is 0 Å². The normalized spacial score (nSPS) is 16.2. The summed E-state index contributed by atoms with van der Waals surface area (Å²) in [6.45, 7) is 1.50. The van der Waals surface area contributed by atoms with E-state index in [1.807, 2.05) is 29.1 Å². The van der Waals surface area contributed by atoms with Crippen LogP contribution in [-0.4, -0.2) is 32.2 Å². The number of aryl methyl sites for hydroxylation is 2. The Morgan fingerprint density at radius 2 is 2.19 bits per heavy atom. The first-order valence-electron chi connectivity index (χ1n) is 8.94. The Bertz CT molecular complexity index is 859. The molecule has 0 bridgehead atoms. The zero-order valence-electron chi connectivity index (χ0n) is 14.5. The van der Waals surface area contributed by atoms with E-state index in [2.05, 4.69) is 15.4 Å². The van der Waals surface area contributed by atoms with Crippen molar-refractivity contribution < 1.29 is 4.79 Å². The predicted octanol–water partition coefficient (Wildman–Crippen LogP) is 2.71. The van der Waals surface area contributed by atoms with Crippen molar-refractivity contribution in [2.75, 3.05) is 6.54 Å². The molecule has 3 heterocycles. The number of nitrogens with zero attached hydrogens (tertiary/aromatic N) is 4. The summed E-state index contributed by atoms with van der Waals surface area (Å²) in [5, 5.41) is 8.27. The van der Waals surface area contributed by atoms with Crippen LogP contribution in [-0.2, 0) is 24.2 Å². The highest BCUT2D eigenvalue weighted by Crippen LogP contribution is 2.34. The molecule has 0 radical (unpaired) electrons. The van der Waals surface area contributed by atoms with Gasteiger partial charge in [0.05, 0.1) is 5.69 Å². The summed E-state index contributed by atoms with van der Waals surface area (Å²) < 4.78 is 1.88. The smallest absolute Gasteiger partial charge is 0.223 e. The van der Waals surface area contributed by atoms with E-state index in [1.54, 1.807) is 29.9 Å². The first kappa shape index (κ1) is 16.9. The third-order valence-electron chi connectivity index (χ3n) is 4.66. The fourth-order valence-corrected chi connectivity index (χ4v) is 4.36. The SMILES string of the molecule is O=C(NCCCn1cccn1)C1CCc2sc(-c3ccncc3)nc2C1. The molecule has 0 saturated heterocycles. The van der Waals surface area contributed by atoms with Gasteiger partial charge in [-0.1, -0.05) is 0 Å². The summed E-state index contributed by atoms with van der Waals surface area (Å²) in [6, 6.07) is 5.87. The lowest BCUT2D eigenvalue weighted by Gasteiger charge is -2.20. The zero-order chi connectivity index (χ0) is 17.8. The van der Waals surface area contributed by atoms with Crippen LogP contribution in [0, 0.1) is 5.92 Å². The molecule has 3 aromatic heterocycles. The topological polar surface area (TPSA) is 72.7 Å². The second-order valence-corrected chi connectivity index (χ2v) is 7.56. The highest BCUT2D eigenvalue weighted by molar-refractivity contribution is 7.15. The number of thiazole rings is 1. The van der Waals surface area contributed by atoms with Crippen LogP contribution in [0.1, 0.15) is 23.4 Å². The van der Waals surface area contributed by atoms with E-state index in [0.29, 0.717) is 6.54 Å². The molecule has 7 heteroatoms. The molecular weight excluding hydrogens is 346 g/mol. The average molecular weight is 367 g/mol. The Morgan fingerprint density at radius 3 is 3.00 bits per heavy atom. The summed E-state index contributed by atoms with van der Waals surface area (Å²) in [5.41, 5.74) is 2.18. The van der Waals surface area contributed by atoms with Gasteiger partial charge in [0.1, 0.15) is 5.01 Å². The number of rotatable bonds is 6. The highest BCUT2D eigenvalue weighted by atomic mass is 32.1. The lowest BCUT2D eigenvalue weighted by atomic mass is 9.90. The number of pyridine rings is 1. The van der Waals surface area contributed by atoms with Gasteiger partial charge >= 0.3 is 0 Å². The lowest BCUT2D eigenvalue weighted by Crippen LogP contribution is -2.34. The molecule has 6 nitrogen and oxygen atoms in total. The van der Waals surface area contributed by atoms with Crippen LogP contribution in [0.25, 0.3) is 10.6 Å². The summed E-state index contributed by atoms with van der Waals surface area (Å²) in [6.07, 6.45) is 10.7. The van der Waals surface area contributed by atoms with Crippen LogP contribution in [0.5, 0.6) is 0 Å². The molecule has 4 rings (SSSR count). The van der Waals surface area contributed by atoms with E-state index in [9.17, 15) is 4.79 Å². The van der Waals surface area contributed by atoms with E-state index in [1.165, 1.54) is 4.88 Å². The minimum absolute atomic E-state index is 0.0274. The Kier molecular flexibility index (Phi) is 5.06. The second-order valence-electron chi connectivity index (χ2n) is 6.48. The molecule has 3 aromatic rings. The molecule has 134 valence electrons. The Morgan fingerprint density at radius 1 is 1.31 bits per heavy atom. The molecule has 0 aromatic carbocycles. The van der Waals surface area contributed by atoms with Crippen LogP contribution in [0.2, 0.25) is 0 Å². The molecule has 26 heavy (non-hydrogen) atoms. The third kappa shape index (κ3) is 3.83. The number of fused-ring (bicyclic) bond motifs is 1. The summed E-state index contributed by atoms with van der Waals surface area (Å²) in [5.74, 6) is 0.175. The number of aromatic nitrogens is 4. The van der Waals surface area contributed by atoms with E-state index in [4.69, 9.17) is 4.98 Å². The Hall–Kier alpha value is -2.54. The predicted molar refractivity (Wildman–Crippen MR) is 101 cm³/mol. The van der Waals surface area contributed by atoms with E-state index < -0.39 is 0 Å². The van der Waals surface area contributed by atoms with Gasteiger partial charge in [0, 0.05) is 60.7 Å². The zero-order valence-corrected chi connectivity index (χ0v) is 15.3. The van der Waals surface area contributed by atoms with Crippen LogP contribution >= 0.6 is 11.3 Å². The standard InChI is InChI=1S/C19H21N5OS/c25-18(21-7-1-11-24-12-2-8-22-24)15-3-4-17-16(13-15)23-19(26-17)14-5-9-20-10-6-14/h2,5-6,8-10,12,15H,1,3-4,7,11,13H2,(H,21,25). The molecular formula is C19H21N5OS. The molecule has 1 unspecified atom stereocenters. The first-order valence-corrected chi connectivity index (χ1v) is 9.75. The number of hydrogen-bond acceptors (Lipinski definition) is 5. The number of carbonyl (C=O) groups excluding carboxylic acids is 1. The minimum atomic E-state index is 0.0274. The van der Waals surface area contributed by atoms with Gasteiger partial charge in [-0.2, -0.15) is 5.10 Å². The maximum absolute atomic E-state index is 12.5. The maximum atomic E-state index is 12.5. The number of hydrogen-bond donors (Lipinski definition) is 1. The third-order valence-corrected chi connectivity index (χ3v) is 5.86. The van der Waals surface area contributed by atoms with E-state index in [0.717, 1.165) is 48.5 Å². The van der Waals surface area contributed by atoms with Gasteiger partial charge in [-0.3, -0.25) is 14.5 Å². The Balaban J connectivity index is 1.31. The lowest BCUT2D eigenvalue weighted by molar-refractivity contribution is -0.125. The number of nitrogens with one attached hydrogen (secondary N) is 1. The van der Waals surface area contributed by atoms with Gasteiger partial charge in [0.25, 0.3) is 0 Å². The van der Waals surface area contributed by atoms with Gasteiger partial charge in [-0.15, -0.1) is 11.3 Å². The Labute approximate surface area is 156 Å². The molecule has 1 atom stereocenters. The van der Waals surface area contributed by atoms with Crippen molar-refractivity contribution in [1.82, 2.24) is 25.1 Å². The molecule has 0 fully saturated rings. The van der Waals surface area contributed by atoms with Crippen molar-refractivity contribution in [3.8, 4) is 10.6 Å². The van der Waals surface area contributed by atoms with Crippen molar-refractivity contribution in [3.05, 3.63) is 53.6 Å². The molecule has 0 spiro atoms. The fourth-order valence-electron chi connectivity index (χ4n) is 3.25. The monoisotopic (exact) mass is 367 g/mol. The molecule has 1 aliphatic carbocycles. The van der Waals surface area contributed by atoms with Crippen molar-refractivity contribution in [1.29, 1.82) is 0 Å². The first-order chi connectivity index (χ1) is 12.8. The molecule has 1 aliphatic rings. The van der Waals surface area contributed by atoms with Crippen LogP contribution in [0.4, 0.5) is 0 Å². The highest BCUT2D eigenvalue weighted by Gasteiger charge is 2.27. The van der Waals surface area contributed by atoms with Crippen molar-refractivity contribution in [2.24, 2.45) is 5.92 Å². The van der Waals surface area contributed by atoms with Gasteiger partial charge < -0.3 is 5.32 Å². The quantitative estimate of drug-likeness (QED) is 0.680. The van der Waals surface area contributed by atoms with Gasteiger partial charge in [0.15, 0.2) is 0 Å². The minimum Gasteiger partial charge on any atom is -0.356 e. The van der Waals surface area contributed by atoms with Crippen LogP contribution in [0.15, 0.2) is 43.0 Å². The van der Waals surface area contributed by atoms with Gasteiger partial charge in [-0.05, 0) is 37.5 Å². The van der Waals surface area contributed by atoms with Crippen LogP contribution in [0.3, 0.4) is 0 Å². The fraction of sp³-hybridized carbons (Fsp3) is 0.368. The summed E-state index contributed by atoms with van der Waals surface area (Å²) in [4.78, 5) is 22.6.